The van der Waals surface area contributed by atoms with Crippen molar-refractivity contribution in [3.8, 4) is 0 Å². The Balaban J connectivity index is 2.31. The smallest absolute Gasteiger partial charge is 0.221 e. The van der Waals surface area contributed by atoms with Crippen LogP contribution in [0.2, 0.25) is 0 Å². The summed E-state index contributed by atoms with van der Waals surface area (Å²) >= 11 is 0. The van der Waals surface area contributed by atoms with Crippen molar-refractivity contribution in [1.82, 2.24) is 10.6 Å². The minimum Gasteiger partial charge on any atom is -0.356 e. The number of carbonyl (C=O) groups is 1. The van der Waals surface area contributed by atoms with Crippen molar-refractivity contribution < 1.29 is 4.79 Å². The van der Waals surface area contributed by atoms with E-state index in [1.165, 1.54) is 25.7 Å². The second-order valence-electron chi connectivity index (χ2n) is 6.92. The molecule has 0 aromatic heterocycles. The molecule has 0 saturated heterocycles. The fraction of sp³-hybridized carbons (Fsp3) is 0.938. The van der Waals surface area contributed by atoms with Crippen LogP contribution in [0.25, 0.3) is 0 Å². The molecule has 1 rings (SSSR count). The van der Waals surface area contributed by atoms with Gasteiger partial charge in [0.05, 0.1) is 0 Å². The van der Waals surface area contributed by atoms with Crippen LogP contribution in [0.4, 0.5) is 0 Å². The third-order valence-corrected chi connectivity index (χ3v) is 4.21. The predicted molar refractivity (Wildman–Crippen MR) is 81.1 cm³/mol. The Labute approximate surface area is 118 Å². The number of carbonyl (C=O) groups excluding carboxylic acids is 1. The second-order valence-corrected chi connectivity index (χ2v) is 6.92. The molecule has 0 heterocycles. The molecule has 1 saturated carbocycles. The van der Waals surface area contributed by atoms with Crippen molar-refractivity contribution in [1.29, 1.82) is 0 Å². The van der Waals surface area contributed by atoms with Crippen LogP contribution >= 0.6 is 0 Å². The average Bonchev–Trinajstić information content (AvgIpc) is 2.35. The third-order valence-electron chi connectivity index (χ3n) is 4.21. The van der Waals surface area contributed by atoms with Gasteiger partial charge in [-0.2, -0.15) is 0 Å². The molecule has 0 aromatic carbocycles. The summed E-state index contributed by atoms with van der Waals surface area (Å²) in [7, 11) is 0. The van der Waals surface area contributed by atoms with E-state index in [9.17, 15) is 4.79 Å². The molecule has 1 aliphatic carbocycles. The van der Waals surface area contributed by atoms with Gasteiger partial charge in [-0.25, -0.2) is 0 Å². The van der Waals surface area contributed by atoms with Gasteiger partial charge in [0, 0.05) is 25.6 Å². The molecular weight excluding hydrogens is 236 g/mol. The standard InChI is InChI=1S/C16H32N2O/c1-5-11-18-15(19)10-12-17-14-9-7-6-8-13(14)16(2,3)4/h13-14,17H,5-12H2,1-4H3,(H,18,19). The largest absolute Gasteiger partial charge is 0.356 e. The Kier molecular flexibility index (Phi) is 6.84. The van der Waals surface area contributed by atoms with Gasteiger partial charge < -0.3 is 10.6 Å². The first-order valence-corrected chi connectivity index (χ1v) is 7.95. The van der Waals surface area contributed by atoms with Gasteiger partial charge >= 0.3 is 0 Å². The van der Waals surface area contributed by atoms with E-state index < -0.39 is 0 Å². The Morgan fingerprint density at radius 2 is 1.84 bits per heavy atom. The predicted octanol–water partition coefficient (Wildman–Crippen LogP) is 3.10. The lowest BCUT2D eigenvalue weighted by molar-refractivity contribution is -0.121. The maximum atomic E-state index is 11.6. The summed E-state index contributed by atoms with van der Waals surface area (Å²) in [4.78, 5) is 11.6. The van der Waals surface area contributed by atoms with E-state index in [1.54, 1.807) is 0 Å². The van der Waals surface area contributed by atoms with Crippen molar-refractivity contribution >= 4 is 5.91 Å². The molecule has 2 atom stereocenters. The Morgan fingerprint density at radius 3 is 2.47 bits per heavy atom. The van der Waals surface area contributed by atoms with Crippen molar-refractivity contribution in [2.75, 3.05) is 13.1 Å². The number of rotatable bonds is 6. The van der Waals surface area contributed by atoms with E-state index in [4.69, 9.17) is 0 Å². The van der Waals surface area contributed by atoms with Gasteiger partial charge in [0.2, 0.25) is 5.91 Å². The minimum absolute atomic E-state index is 0.178. The van der Waals surface area contributed by atoms with Crippen molar-refractivity contribution in [2.45, 2.75) is 72.3 Å². The van der Waals surface area contributed by atoms with Crippen LogP contribution in [0.1, 0.15) is 66.2 Å². The monoisotopic (exact) mass is 268 g/mol. The molecule has 3 nitrogen and oxygen atoms in total. The number of hydrogen-bond donors (Lipinski definition) is 2. The number of hydrogen-bond acceptors (Lipinski definition) is 2. The van der Waals surface area contributed by atoms with E-state index in [0.29, 0.717) is 17.9 Å². The number of amides is 1. The first kappa shape index (κ1) is 16.5. The van der Waals surface area contributed by atoms with Crippen molar-refractivity contribution in [3.05, 3.63) is 0 Å². The molecule has 19 heavy (non-hydrogen) atoms. The highest BCUT2D eigenvalue weighted by atomic mass is 16.1. The number of nitrogens with one attached hydrogen (secondary N) is 2. The molecule has 0 bridgehead atoms. The molecule has 3 heteroatoms. The van der Waals surface area contributed by atoms with Crippen molar-refractivity contribution in [2.24, 2.45) is 11.3 Å². The highest BCUT2D eigenvalue weighted by Gasteiger charge is 2.33. The van der Waals surface area contributed by atoms with Crippen LogP contribution in [0.15, 0.2) is 0 Å². The van der Waals surface area contributed by atoms with E-state index in [1.807, 2.05) is 0 Å². The van der Waals surface area contributed by atoms with Crippen LogP contribution in [0.5, 0.6) is 0 Å². The van der Waals surface area contributed by atoms with E-state index in [-0.39, 0.29) is 5.91 Å². The summed E-state index contributed by atoms with van der Waals surface area (Å²) in [6, 6.07) is 0.590. The lowest BCUT2D eigenvalue weighted by atomic mass is 9.69. The lowest BCUT2D eigenvalue weighted by Crippen LogP contribution is -2.45. The van der Waals surface area contributed by atoms with Gasteiger partial charge in [0.1, 0.15) is 0 Å². The zero-order valence-electron chi connectivity index (χ0n) is 13.2. The third kappa shape index (κ3) is 5.94. The van der Waals surface area contributed by atoms with Gasteiger partial charge in [-0.3, -0.25) is 4.79 Å². The summed E-state index contributed by atoms with van der Waals surface area (Å²) in [5.74, 6) is 0.914. The summed E-state index contributed by atoms with van der Waals surface area (Å²) < 4.78 is 0. The van der Waals surface area contributed by atoms with Crippen LogP contribution < -0.4 is 10.6 Å². The lowest BCUT2D eigenvalue weighted by Gasteiger charge is -2.41. The minimum atomic E-state index is 0.178. The topological polar surface area (TPSA) is 41.1 Å². The summed E-state index contributed by atoms with van der Waals surface area (Å²) in [5, 5.41) is 6.56. The van der Waals surface area contributed by atoms with Crippen molar-refractivity contribution in [3.63, 3.8) is 0 Å². The Morgan fingerprint density at radius 1 is 1.16 bits per heavy atom. The van der Waals surface area contributed by atoms with E-state index >= 15 is 0 Å². The molecular formula is C16H32N2O. The fourth-order valence-electron chi connectivity index (χ4n) is 3.14. The molecule has 1 aliphatic rings. The normalized spacial score (nSPS) is 24.2. The molecule has 1 amide bonds. The fourth-order valence-corrected chi connectivity index (χ4v) is 3.14. The van der Waals surface area contributed by atoms with Gasteiger partial charge in [-0.15, -0.1) is 0 Å². The van der Waals surface area contributed by atoms with Gasteiger partial charge in [-0.1, -0.05) is 40.5 Å². The van der Waals surface area contributed by atoms with Gasteiger partial charge in [0.15, 0.2) is 0 Å². The van der Waals surface area contributed by atoms with Crippen LogP contribution in [-0.2, 0) is 4.79 Å². The van der Waals surface area contributed by atoms with Gasteiger partial charge in [0.25, 0.3) is 0 Å². The van der Waals surface area contributed by atoms with Gasteiger partial charge in [-0.05, 0) is 30.6 Å². The highest BCUT2D eigenvalue weighted by Crippen LogP contribution is 2.37. The van der Waals surface area contributed by atoms with Crippen LogP contribution in [0, 0.1) is 11.3 Å². The zero-order valence-corrected chi connectivity index (χ0v) is 13.2. The van der Waals surface area contributed by atoms with Crippen LogP contribution in [0.3, 0.4) is 0 Å². The molecule has 0 aromatic rings. The summed E-state index contributed by atoms with van der Waals surface area (Å²) in [6.45, 7) is 10.7. The summed E-state index contributed by atoms with van der Waals surface area (Å²) in [6.07, 6.45) is 6.88. The quantitative estimate of drug-likeness (QED) is 0.777. The first-order chi connectivity index (χ1) is 8.95. The Bertz CT molecular complexity index is 270. The molecule has 2 N–H and O–H groups in total. The average molecular weight is 268 g/mol. The SMILES string of the molecule is CCCNC(=O)CCNC1CCCCC1C(C)(C)C. The molecule has 0 spiro atoms. The molecule has 2 unspecified atom stereocenters. The Hall–Kier alpha value is -0.570. The zero-order chi connectivity index (χ0) is 14.3. The van der Waals surface area contributed by atoms with E-state index in [2.05, 4.69) is 38.3 Å². The van der Waals surface area contributed by atoms with E-state index in [0.717, 1.165) is 25.4 Å². The molecule has 0 aliphatic heterocycles. The maximum Gasteiger partial charge on any atom is 0.221 e. The maximum absolute atomic E-state index is 11.6. The highest BCUT2D eigenvalue weighted by molar-refractivity contribution is 5.75. The second kappa shape index (κ2) is 7.88. The first-order valence-electron chi connectivity index (χ1n) is 7.95. The summed E-state index contributed by atoms with van der Waals surface area (Å²) in [5.41, 5.74) is 0.364. The molecule has 112 valence electrons. The van der Waals surface area contributed by atoms with Crippen LogP contribution in [-0.4, -0.2) is 25.0 Å². The molecule has 1 fully saturated rings. The molecule has 0 radical (unpaired) electrons.